The van der Waals surface area contributed by atoms with Crippen molar-refractivity contribution in [3.8, 4) is 0 Å². The summed E-state index contributed by atoms with van der Waals surface area (Å²) < 4.78 is 0. The molecule has 1 saturated heterocycles. The average molecular weight is 199 g/mol. The standard InChI is InChI=1S/C11H21NO2/c1-2-10(9-11(13)14)12-7-5-3-4-6-8-12/h10H,2-9H2,1H3,(H,13,14). The zero-order valence-corrected chi connectivity index (χ0v) is 9.04. The Morgan fingerprint density at radius 3 is 2.29 bits per heavy atom. The molecule has 0 aromatic carbocycles. The minimum atomic E-state index is -0.666. The van der Waals surface area contributed by atoms with Gasteiger partial charge in [0.2, 0.25) is 0 Å². The summed E-state index contributed by atoms with van der Waals surface area (Å²) in [5, 5.41) is 8.79. The molecule has 0 radical (unpaired) electrons. The van der Waals surface area contributed by atoms with Gasteiger partial charge in [-0.15, -0.1) is 0 Å². The van der Waals surface area contributed by atoms with Crippen molar-refractivity contribution in [1.29, 1.82) is 0 Å². The summed E-state index contributed by atoms with van der Waals surface area (Å²) in [7, 11) is 0. The molecule has 3 nitrogen and oxygen atoms in total. The highest BCUT2D eigenvalue weighted by Gasteiger charge is 2.20. The maximum absolute atomic E-state index is 10.7. The Morgan fingerprint density at radius 1 is 1.29 bits per heavy atom. The van der Waals surface area contributed by atoms with Gasteiger partial charge in [-0.1, -0.05) is 19.8 Å². The van der Waals surface area contributed by atoms with E-state index in [2.05, 4.69) is 11.8 Å². The number of carbonyl (C=O) groups is 1. The summed E-state index contributed by atoms with van der Waals surface area (Å²) in [4.78, 5) is 13.0. The first-order valence-corrected chi connectivity index (χ1v) is 5.70. The predicted octanol–water partition coefficient (Wildman–Crippen LogP) is 2.12. The fraction of sp³-hybridized carbons (Fsp3) is 0.909. The molecule has 1 fully saturated rings. The Morgan fingerprint density at radius 2 is 1.86 bits per heavy atom. The molecule has 1 rings (SSSR count). The van der Waals surface area contributed by atoms with Crippen molar-refractivity contribution in [2.24, 2.45) is 0 Å². The van der Waals surface area contributed by atoms with Gasteiger partial charge in [-0.2, -0.15) is 0 Å². The molecule has 0 bridgehead atoms. The largest absolute Gasteiger partial charge is 0.481 e. The number of hydrogen-bond acceptors (Lipinski definition) is 2. The first-order valence-electron chi connectivity index (χ1n) is 5.70. The smallest absolute Gasteiger partial charge is 0.304 e. The Balaban J connectivity index is 2.44. The Hall–Kier alpha value is -0.570. The van der Waals surface area contributed by atoms with E-state index in [1.807, 2.05) is 0 Å². The van der Waals surface area contributed by atoms with Crippen LogP contribution in [0.25, 0.3) is 0 Å². The Kier molecular flexibility index (Phi) is 4.94. The van der Waals surface area contributed by atoms with Gasteiger partial charge in [0.25, 0.3) is 0 Å². The second-order valence-corrected chi connectivity index (χ2v) is 4.11. The third-order valence-corrected chi connectivity index (χ3v) is 3.04. The van der Waals surface area contributed by atoms with E-state index in [-0.39, 0.29) is 6.04 Å². The van der Waals surface area contributed by atoms with E-state index in [0.29, 0.717) is 6.42 Å². The molecule has 1 aliphatic heterocycles. The van der Waals surface area contributed by atoms with Crippen LogP contribution >= 0.6 is 0 Å². The topological polar surface area (TPSA) is 40.5 Å². The maximum Gasteiger partial charge on any atom is 0.304 e. The normalized spacial score (nSPS) is 21.5. The molecular formula is C11H21NO2. The zero-order valence-electron chi connectivity index (χ0n) is 9.04. The monoisotopic (exact) mass is 199 g/mol. The first-order chi connectivity index (χ1) is 6.74. The van der Waals surface area contributed by atoms with E-state index in [9.17, 15) is 4.79 Å². The van der Waals surface area contributed by atoms with E-state index in [4.69, 9.17) is 5.11 Å². The number of hydrogen-bond donors (Lipinski definition) is 1. The third kappa shape index (κ3) is 3.66. The summed E-state index contributed by atoms with van der Waals surface area (Å²) in [6.07, 6.45) is 6.33. The van der Waals surface area contributed by atoms with E-state index < -0.39 is 5.97 Å². The number of rotatable bonds is 4. The van der Waals surface area contributed by atoms with Crippen LogP contribution in [0.4, 0.5) is 0 Å². The quantitative estimate of drug-likeness (QED) is 0.754. The zero-order chi connectivity index (χ0) is 10.4. The fourth-order valence-electron chi connectivity index (χ4n) is 2.19. The highest BCUT2D eigenvalue weighted by molar-refractivity contribution is 5.67. The van der Waals surface area contributed by atoms with Crippen molar-refractivity contribution >= 4 is 5.97 Å². The molecule has 0 aromatic rings. The molecule has 0 amide bonds. The molecule has 1 aliphatic rings. The van der Waals surface area contributed by atoms with Crippen LogP contribution in [0.5, 0.6) is 0 Å². The molecule has 1 N–H and O–H groups in total. The molecule has 0 spiro atoms. The molecule has 1 unspecified atom stereocenters. The van der Waals surface area contributed by atoms with Gasteiger partial charge < -0.3 is 5.11 Å². The van der Waals surface area contributed by atoms with Gasteiger partial charge in [0, 0.05) is 6.04 Å². The van der Waals surface area contributed by atoms with Crippen LogP contribution in [0.15, 0.2) is 0 Å². The van der Waals surface area contributed by atoms with E-state index in [1.54, 1.807) is 0 Å². The van der Waals surface area contributed by atoms with Gasteiger partial charge in [0.05, 0.1) is 6.42 Å². The van der Waals surface area contributed by atoms with E-state index in [1.165, 1.54) is 25.7 Å². The van der Waals surface area contributed by atoms with Gasteiger partial charge in [-0.3, -0.25) is 9.69 Å². The van der Waals surface area contributed by atoms with Crippen LogP contribution < -0.4 is 0 Å². The van der Waals surface area contributed by atoms with Gasteiger partial charge in [-0.05, 0) is 32.4 Å². The summed E-state index contributed by atoms with van der Waals surface area (Å²) in [5.41, 5.74) is 0. The van der Waals surface area contributed by atoms with E-state index in [0.717, 1.165) is 19.5 Å². The summed E-state index contributed by atoms with van der Waals surface area (Å²) in [6, 6.07) is 0.255. The second kappa shape index (κ2) is 6.02. The molecule has 0 aliphatic carbocycles. The molecule has 0 saturated carbocycles. The van der Waals surface area contributed by atoms with Crippen molar-refractivity contribution in [2.75, 3.05) is 13.1 Å². The van der Waals surface area contributed by atoms with E-state index >= 15 is 0 Å². The highest BCUT2D eigenvalue weighted by atomic mass is 16.4. The molecule has 82 valence electrons. The molecule has 14 heavy (non-hydrogen) atoms. The van der Waals surface area contributed by atoms with Gasteiger partial charge in [0.15, 0.2) is 0 Å². The predicted molar refractivity (Wildman–Crippen MR) is 56.4 cm³/mol. The van der Waals surface area contributed by atoms with Crippen molar-refractivity contribution in [3.05, 3.63) is 0 Å². The molecule has 1 heterocycles. The number of likely N-dealkylation sites (tertiary alicyclic amines) is 1. The summed E-state index contributed by atoms with van der Waals surface area (Å²) in [5.74, 6) is -0.666. The average Bonchev–Trinajstić information content (AvgIpc) is 2.41. The first kappa shape index (κ1) is 11.5. The maximum atomic E-state index is 10.7. The highest BCUT2D eigenvalue weighted by Crippen LogP contribution is 2.16. The van der Waals surface area contributed by atoms with Crippen LogP contribution in [0.1, 0.15) is 45.4 Å². The van der Waals surface area contributed by atoms with Gasteiger partial charge in [-0.25, -0.2) is 0 Å². The van der Waals surface area contributed by atoms with Crippen LogP contribution in [-0.4, -0.2) is 35.1 Å². The minimum Gasteiger partial charge on any atom is -0.481 e. The van der Waals surface area contributed by atoms with Crippen LogP contribution in [-0.2, 0) is 4.79 Å². The second-order valence-electron chi connectivity index (χ2n) is 4.11. The molecule has 1 atom stereocenters. The SMILES string of the molecule is CCC(CC(=O)O)N1CCCCCC1. The summed E-state index contributed by atoms with van der Waals surface area (Å²) >= 11 is 0. The Labute approximate surface area is 86.1 Å². The number of aliphatic carboxylic acids is 1. The molecule has 0 aromatic heterocycles. The van der Waals surface area contributed by atoms with Crippen LogP contribution in [0.3, 0.4) is 0 Å². The Bertz CT molecular complexity index is 174. The summed E-state index contributed by atoms with van der Waals surface area (Å²) in [6.45, 7) is 4.26. The fourth-order valence-corrected chi connectivity index (χ4v) is 2.19. The lowest BCUT2D eigenvalue weighted by Crippen LogP contribution is -2.37. The van der Waals surface area contributed by atoms with Crippen LogP contribution in [0.2, 0.25) is 0 Å². The van der Waals surface area contributed by atoms with Gasteiger partial charge >= 0.3 is 5.97 Å². The lowest BCUT2D eigenvalue weighted by atomic mass is 10.1. The molecule has 3 heteroatoms. The van der Waals surface area contributed by atoms with Crippen molar-refractivity contribution < 1.29 is 9.90 Å². The van der Waals surface area contributed by atoms with Crippen molar-refractivity contribution in [3.63, 3.8) is 0 Å². The van der Waals surface area contributed by atoms with Crippen LogP contribution in [0, 0.1) is 0 Å². The number of carboxylic acids is 1. The number of carboxylic acid groups (broad SMARTS) is 1. The molecular weight excluding hydrogens is 178 g/mol. The lowest BCUT2D eigenvalue weighted by Gasteiger charge is -2.28. The third-order valence-electron chi connectivity index (χ3n) is 3.04. The van der Waals surface area contributed by atoms with Crippen molar-refractivity contribution in [1.82, 2.24) is 4.90 Å². The van der Waals surface area contributed by atoms with Crippen molar-refractivity contribution in [2.45, 2.75) is 51.5 Å². The minimum absolute atomic E-state index is 0.255. The lowest BCUT2D eigenvalue weighted by molar-refractivity contribution is -0.138. The van der Waals surface area contributed by atoms with Gasteiger partial charge in [0.1, 0.15) is 0 Å². The number of nitrogens with zero attached hydrogens (tertiary/aromatic N) is 1.